The molecule has 1 saturated heterocycles. The summed E-state index contributed by atoms with van der Waals surface area (Å²) in [6, 6.07) is 3.84. The summed E-state index contributed by atoms with van der Waals surface area (Å²) in [5.74, 6) is -0.743. The average Bonchev–Trinajstić information content (AvgIpc) is 2.50. The lowest BCUT2D eigenvalue weighted by atomic mass is 9.96. The van der Waals surface area contributed by atoms with Gasteiger partial charge in [0, 0.05) is 28.0 Å². The molecule has 1 aromatic carbocycles. The number of carbonyl (C=O) groups is 2. The van der Waals surface area contributed by atoms with E-state index in [9.17, 15) is 9.59 Å². The smallest absolute Gasteiger partial charge is 0.283 e. The van der Waals surface area contributed by atoms with Crippen molar-refractivity contribution in [1.29, 1.82) is 0 Å². The zero-order chi connectivity index (χ0) is 17.1. The van der Waals surface area contributed by atoms with Crippen LogP contribution in [0.4, 0.5) is 5.69 Å². The summed E-state index contributed by atoms with van der Waals surface area (Å²) in [4.78, 5) is 25.6. The van der Waals surface area contributed by atoms with Crippen LogP contribution < -0.4 is 11.1 Å². The highest BCUT2D eigenvalue weighted by Gasteiger charge is 2.27. The number of benzene rings is 1. The van der Waals surface area contributed by atoms with Crippen molar-refractivity contribution < 1.29 is 9.59 Å². The molecule has 1 aliphatic rings. The molecule has 0 spiro atoms. The van der Waals surface area contributed by atoms with E-state index in [1.807, 2.05) is 24.0 Å². The molecule has 3 N–H and O–H groups in total. The lowest BCUT2D eigenvalue weighted by Crippen LogP contribution is -2.45. The Morgan fingerprint density at radius 1 is 1.26 bits per heavy atom. The fraction of sp³-hybridized carbons (Fsp3) is 0.400. The summed E-state index contributed by atoms with van der Waals surface area (Å²) in [5.41, 5.74) is 7.03. The zero-order valence-corrected chi connectivity index (χ0v) is 16.6. The number of likely N-dealkylation sites (tertiary alicyclic amines) is 1. The maximum absolute atomic E-state index is 12.4. The number of hydrogen-bond donors (Lipinski definition) is 2. The Morgan fingerprint density at radius 2 is 1.78 bits per heavy atom. The molecular weight excluding hydrogens is 446 g/mol. The first kappa shape index (κ1) is 18.4. The van der Waals surface area contributed by atoms with E-state index < -0.39 is 0 Å². The molecule has 1 heterocycles. The predicted octanol–water partition coefficient (Wildman–Crippen LogP) is 2.98. The minimum absolute atomic E-state index is 0.127. The number of nitrogens with zero attached hydrogens (tertiary/aromatic N) is 1. The molecule has 0 unspecified atom stereocenters. The number of rotatable bonds is 2. The topological polar surface area (TPSA) is 75.4 Å². The molecule has 0 atom stereocenters. The Kier molecular flexibility index (Phi) is 6.16. The highest BCUT2D eigenvalue weighted by molar-refractivity contribution is 9.11. The number of nitrogens with two attached hydrogens (primary N) is 1. The number of nitrogens with one attached hydrogen (secondary N) is 1. The molecule has 1 aromatic rings. The van der Waals surface area contributed by atoms with Gasteiger partial charge in [-0.15, -0.1) is 0 Å². The molecular formula is C15H17Br2N3O2S. The standard InChI is InChI=1S/C15H17Br2N3O2S/c1-8-6-10(16)12(11(17)7-8)19-14(22)15(23)20-4-2-9(3-5-20)13(18)21/h6-7,9H,2-5H2,1H3,(H2,18,21)(H,19,22). The molecule has 23 heavy (non-hydrogen) atoms. The number of amides is 2. The van der Waals surface area contributed by atoms with E-state index in [1.165, 1.54) is 0 Å². The van der Waals surface area contributed by atoms with Crippen molar-refractivity contribution in [2.45, 2.75) is 19.8 Å². The highest BCUT2D eigenvalue weighted by atomic mass is 79.9. The minimum Gasteiger partial charge on any atom is -0.369 e. The van der Waals surface area contributed by atoms with Crippen molar-refractivity contribution in [3.05, 3.63) is 26.6 Å². The molecule has 0 saturated carbocycles. The van der Waals surface area contributed by atoms with E-state index in [1.54, 1.807) is 0 Å². The van der Waals surface area contributed by atoms with Gasteiger partial charge in [0.1, 0.15) is 0 Å². The second kappa shape index (κ2) is 7.72. The van der Waals surface area contributed by atoms with Crippen LogP contribution >= 0.6 is 44.1 Å². The molecule has 1 fully saturated rings. The third-order valence-corrected chi connectivity index (χ3v) is 5.50. The number of aryl methyl sites for hydroxylation is 1. The number of halogens is 2. The highest BCUT2D eigenvalue weighted by Crippen LogP contribution is 2.32. The van der Waals surface area contributed by atoms with Crippen molar-refractivity contribution in [3.8, 4) is 0 Å². The molecule has 0 bridgehead atoms. The van der Waals surface area contributed by atoms with Gasteiger partial charge in [-0.25, -0.2) is 0 Å². The van der Waals surface area contributed by atoms with Crippen molar-refractivity contribution >= 4 is 66.6 Å². The van der Waals surface area contributed by atoms with Crippen LogP contribution in [-0.2, 0) is 9.59 Å². The quantitative estimate of drug-likeness (QED) is 0.662. The van der Waals surface area contributed by atoms with Gasteiger partial charge in [0.05, 0.1) is 5.69 Å². The molecule has 0 aliphatic carbocycles. The fourth-order valence-electron chi connectivity index (χ4n) is 2.50. The number of thiocarbonyl (C=S) groups is 1. The Labute approximate surface area is 157 Å². The Balaban J connectivity index is 2.02. The summed E-state index contributed by atoms with van der Waals surface area (Å²) in [5, 5.41) is 2.83. The van der Waals surface area contributed by atoms with Gasteiger partial charge < -0.3 is 16.0 Å². The predicted molar refractivity (Wildman–Crippen MR) is 101 cm³/mol. The largest absolute Gasteiger partial charge is 0.369 e. The number of primary amides is 1. The Bertz CT molecular complexity index is 635. The van der Waals surface area contributed by atoms with Crippen molar-refractivity contribution in [1.82, 2.24) is 4.90 Å². The lowest BCUT2D eigenvalue weighted by molar-refractivity contribution is -0.122. The Morgan fingerprint density at radius 3 is 2.26 bits per heavy atom. The van der Waals surface area contributed by atoms with Gasteiger partial charge in [0.2, 0.25) is 5.91 Å². The molecule has 2 rings (SSSR count). The van der Waals surface area contributed by atoms with E-state index in [0.717, 1.165) is 14.5 Å². The van der Waals surface area contributed by atoms with E-state index >= 15 is 0 Å². The first-order valence-corrected chi connectivity index (χ1v) is 9.14. The SMILES string of the molecule is Cc1cc(Br)c(NC(=O)C(=S)N2CCC(C(N)=O)CC2)c(Br)c1. The molecule has 0 aromatic heterocycles. The van der Waals surface area contributed by atoms with Crippen molar-refractivity contribution in [3.63, 3.8) is 0 Å². The third-order valence-electron chi connectivity index (χ3n) is 3.80. The van der Waals surface area contributed by atoms with Crippen LogP contribution in [0.25, 0.3) is 0 Å². The van der Waals surface area contributed by atoms with Gasteiger partial charge in [-0.2, -0.15) is 0 Å². The number of carbonyl (C=O) groups excluding carboxylic acids is 2. The van der Waals surface area contributed by atoms with Crippen LogP contribution in [0.15, 0.2) is 21.1 Å². The first-order valence-electron chi connectivity index (χ1n) is 7.14. The third kappa shape index (κ3) is 4.51. The second-order valence-corrected chi connectivity index (χ2v) is 7.62. The maximum atomic E-state index is 12.4. The average molecular weight is 463 g/mol. The van der Waals surface area contributed by atoms with Gasteiger partial charge >= 0.3 is 0 Å². The normalized spacial score (nSPS) is 15.3. The minimum atomic E-state index is -0.331. The summed E-state index contributed by atoms with van der Waals surface area (Å²) in [6.07, 6.45) is 1.25. The first-order chi connectivity index (χ1) is 10.8. The van der Waals surface area contributed by atoms with E-state index in [0.29, 0.717) is 31.6 Å². The van der Waals surface area contributed by atoms with Gasteiger partial charge in [0.25, 0.3) is 5.91 Å². The van der Waals surface area contributed by atoms with Crippen LogP contribution in [-0.4, -0.2) is 34.8 Å². The van der Waals surface area contributed by atoms with Gasteiger partial charge in [-0.1, -0.05) is 12.2 Å². The summed E-state index contributed by atoms with van der Waals surface area (Å²) < 4.78 is 1.57. The molecule has 124 valence electrons. The van der Waals surface area contributed by atoms with Gasteiger partial charge in [0.15, 0.2) is 4.99 Å². The van der Waals surface area contributed by atoms with Crippen molar-refractivity contribution in [2.75, 3.05) is 18.4 Å². The monoisotopic (exact) mass is 461 g/mol. The van der Waals surface area contributed by atoms with Crippen LogP contribution in [0, 0.1) is 12.8 Å². The molecule has 8 heteroatoms. The van der Waals surface area contributed by atoms with Gasteiger partial charge in [-0.05, 0) is 69.3 Å². The van der Waals surface area contributed by atoms with E-state index in [4.69, 9.17) is 18.0 Å². The van der Waals surface area contributed by atoms with Crippen molar-refractivity contribution in [2.24, 2.45) is 11.7 Å². The van der Waals surface area contributed by atoms with E-state index in [-0.39, 0.29) is 22.7 Å². The number of anilines is 1. The molecule has 2 amide bonds. The molecule has 5 nitrogen and oxygen atoms in total. The maximum Gasteiger partial charge on any atom is 0.283 e. The Hall–Kier alpha value is -0.990. The summed E-state index contributed by atoms with van der Waals surface area (Å²) >= 11 is 12.2. The fourth-order valence-corrected chi connectivity index (χ4v) is 4.34. The lowest BCUT2D eigenvalue weighted by Gasteiger charge is -2.31. The van der Waals surface area contributed by atoms with Crippen LogP contribution in [0.1, 0.15) is 18.4 Å². The van der Waals surface area contributed by atoms with Crippen LogP contribution in [0.2, 0.25) is 0 Å². The van der Waals surface area contributed by atoms with Crippen LogP contribution in [0.3, 0.4) is 0 Å². The van der Waals surface area contributed by atoms with Gasteiger partial charge in [-0.3, -0.25) is 9.59 Å². The van der Waals surface area contributed by atoms with E-state index in [2.05, 4.69) is 37.2 Å². The number of piperidine rings is 1. The summed E-state index contributed by atoms with van der Waals surface area (Å²) in [6.45, 7) is 3.10. The molecule has 0 radical (unpaired) electrons. The number of hydrogen-bond acceptors (Lipinski definition) is 3. The second-order valence-electron chi connectivity index (χ2n) is 5.53. The van der Waals surface area contributed by atoms with Crippen LogP contribution in [0.5, 0.6) is 0 Å². The molecule has 1 aliphatic heterocycles. The summed E-state index contributed by atoms with van der Waals surface area (Å²) in [7, 11) is 0. The zero-order valence-electron chi connectivity index (χ0n) is 12.6.